The lowest BCUT2D eigenvalue weighted by Crippen LogP contribution is -2.41. The molecule has 0 aliphatic rings. The Morgan fingerprint density at radius 3 is 2.04 bits per heavy atom. The molecule has 0 aromatic heterocycles. The highest BCUT2D eigenvalue weighted by molar-refractivity contribution is 6.26. The van der Waals surface area contributed by atoms with E-state index in [1.807, 2.05) is 7.11 Å². The number of likely N-dealkylation sites (N-methyl/N-ethyl adjacent to an activating group) is 1. The van der Waals surface area contributed by atoms with Crippen LogP contribution in [0.15, 0.2) is 0 Å². The number of hydrogen-bond acceptors (Lipinski definition) is 7. The molecule has 0 aliphatic carbocycles. The molecule has 0 radical (unpaired) electrons. The number of rotatable bonds is 19. The van der Waals surface area contributed by atoms with Crippen LogP contribution in [0.4, 0.5) is 0 Å². The third-order valence-corrected chi connectivity index (χ3v) is 5.26. The molecule has 0 bridgehead atoms. The Labute approximate surface area is 151 Å². The lowest BCUT2D eigenvalue weighted by atomic mass is 10.3. The molecular weight excluding hydrogens is 320 g/mol. The Bertz CT molecular complexity index is 251. The maximum atomic E-state index is 5.41. The lowest BCUT2D eigenvalue weighted by molar-refractivity contribution is 0.251. The molecule has 8 heteroatoms. The van der Waals surface area contributed by atoms with E-state index in [9.17, 15) is 0 Å². The number of hydrogen-bond donors (Lipinski definition) is 5. The summed E-state index contributed by atoms with van der Waals surface area (Å²) in [5, 5.41) is 13.6. The van der Waals surface area contributed by atoms with Crippen molar-refractivity contribution in [3.05, 3.63) is 0 Å². The van der Waals surface area contributed by atoms with E-state index in [0.717, 1.165) is 52.4 Å². The van der Waals surface area contributed by atoms with Crippen LogP contribution in [-0.2, 0) is 4.43 Å². The van der Waals surface area contributed by atoms with Crippen molar-refractivity contribution in [3.63, 3.8) is 0 Å². The highest BCUT2D eigenvalue weighted by Gasteiger charge is 2.07. The molecule has 0 aromatic carbocycles. The highest BCUT2D eigenvalue weighted by Crippen LogP contribution is 1.98. The molecule has 0 aliphatic heterocycles. The van der Waals surface area contributed by atoms with E-state index in [-0.39, 0.29) is 9.76 Å². The smallest absolute Gasteiger partial charge is 0.161 e. The van der Waals surface area contributed by atoms with Gasteiger partial charge >= 0.3 is 0 Å². The second kappa shape index (κ2) is 19.3. The van der Waals surface area contributed by atoms with Crippen LogP contribution in [0.5, 0.6) is 0 Å². The quantitative estimate of drug-likeness (QED) is 0.136. The zero-order valence-electron chi connectivity index (χ0n) is 16.2. The summed E-state index contributed by atoms with van der Waals surface area (Å²) in [6, 6.07) is 1.86. The molecule has 0 rings (SSSR count). The van der Waals surface area contributed by atoms with Crippen LogP contribution < -0.4 is 27.0 Å². The first-order valence-electron chi connectivity index (χ1n) is 9.44. The first-order chi connectivity index (χ1) is 11.7. The average molecular weight is 363 g/mol. The summed E-state index contributed by atoms with van der Waals surface area (Å²) in [6.07, 6.45) is 1.26. The van der Waals surface area contributed by atoms with Crippen molar-refractivity contribution in [1.29, 1.82) is 0 Å². The summed E-state index contributed by atoms with van der Waals surface area (Å²) in [7, 11) is 3.79. The third kappa shape index (κ3) is 16.8. The van der Waals surface area contributed by atoms with Gasteiger partial charge in [0, 0.05) is 72.1 Å². The summed E-state index contributed by atoms with van der Waals surface area (Å²) in [5.74, 6) is 0. The molecule has 0 saturated carbocycles. The first kappa shape index (κ1) is 23.9. The Morgan fingerprint density at radius 2 is 1.50 bits per heavy atom. The van der Waals surface area contributed by atoms with Gasteiger partial charge < -0.3 is 36.3 Å². The maximum absolute atomic E-state index is 5.41. The van der Waals surface area contributed by atoms with Crippen LogP contribution in [0.1, 0.15) is 13.3 Å². The van der Waals surface area contributed by atoms with Crippen LogP contribution in [0.2, 0.25) is 6.04 Å². The fraction of sp³-hybridized carbons (Fsp3) is 1.00. The first-order valence-corrected chi connectivity index (χ1v) is 11.0. The molecule has 146 valence electrons. The summed E-state index contributed by atoms with van der Waals surface area (Å²) in [4.78, 5) is 2.44. The van der Waals surface area contributed by atoms with Crippen molar-refractivity contribution in [2.24, 2.45) is 5.73 Å². The minimum atomic E-state index is -0.248. The zero-order valence-corrected chi connectivity index (χ0v) is 17.6. The number of nitrogens with two attached hydrogens (primary N) is 1. The molecule has 0 aromatic rings. The largest absolute Gasteiger partial charge is 0.427 e. The van der Waals surface area contributed by atoms with E-state index in [0.29, 0.717) is 12.6 Å². The van der Waals surface area contributed by atoms with Crippen LogP contribution >= 0.6 is 0 Å². The van der Waals surface area contributed by atoms with Gasteiger partial charge in [0.1, 0.15) is 0 Å². The van der Waals surface area contributed by atoms with Gasteiger partial charge in [-0.3, -0.25) is 0 Å². The Morgan fingerprint density at radius 1 is 0.958 bits per heavy atom. The minimum Gasteiger partial charge on any atom is -0.427 e. The van der Waals surface area contributed by atoms with E-state index in [4.69, 9.17) is 10.2 Å². The maximum Gasteiger partial charge on any atom is 0.161 e. The van der Waals surface area contributed by atoms with Crippen molar-refractivity contribution in [2.45, 2.75) is 25.4 Å². The Balaban J connectivity index is 3.25. The topological polar surface area (TPSA) is 86.6 Å². The predicted octanol–water partition coefficient (Wildman–Crippen LogP) is -1.84. The average Bonchev–Trinajstić information content (AvgIpc) is 2.59. The standard InChI is InChI=1S/C16H42N6OSi/c1-16(22(2)13-4-14-24-23-3)15-21-12-11-20-10-9-19-8-7-18-6-5-17/h16,18-21H,4-15,17,24H2,1-3H3. The number of nitrogens with zero attached hydrogens (tertiary/aromatic N) is 1. The fourth-order valence-electron chi connectivity index (χ4n) is 2.30. The highest BCUT2D eigenvalue weighted by atomic mass is 28.2. The van der Waals surface area contributed by atoms with Gasteiger partial charge in [0.2, 0.25) is 0 Å². The molecule has 0 fully saturated rings. The van der Waals surface area contributed by atoms with E-state index >= 15 is 0 Å². The molecule has 0 saturated heterocycles. The third-order valence-electron chi connectivity index (χ3n) is 4.06. The van der Waals surface area contributed by atoms with Gasteiger partial charge in [-0.25, -0.2) is 0 Å². The van der Waals surface area contributed by atoms with Crippen LogP contribution in [0.25, 0.3) is 0 Å². The van der Waals surface area contributed by atoms with Crippen molar-refractivity contribution < 1.29 is 4.43 Å². The van der Waals surface area contributed by atoms with E-state index < -0.39 is 0 Å². The Kier molecular flexibility index (Phi) is 19.2. The molecule has 6 N–H and O–H groups in total. The van der Waals surface area contributed by atoms with Gasteiger partial charge in [0.25, 0.3) is 0 Å². The van der Waals surface area contributed by atoms with Crippen molar-refractivity contribution in [1.82, 2.24) is 26.2 Å². The zero-order chi connectivity index (χ0) is 17.9. The van der Waals surface area contributed by atoms with Crippen LogP contribution in [0.3, 0.4) is 0 Å². The molecule has 0 spiro atoms. The molecule has 0 heterocycles. The normalized spacial score (nSPS) is 13.4. The Hall–Kier alpha value is -0.0631. The van der Waals surface area contributed by atoms with Crippen molar-refractivity contribution in [2.75, 3.05) is 79.6 Å². The van der Waals surface area contributed by atoms with Crippen LogP contribution in [0, 0.1) is 0 Å². The van der Waals surface area contributed by atoms with Gasteiger partial charge in [0.05, 0.1) is 0 Å². The predicted molar refractivity (Wildman–Crippen MR) is 108 cm³/mol. The summed E-state index contributed by atoms with van der Waals surface area (Å²) in [6.45, 7) is 12.1. The van der Waals surface area contributed by atoms with E-state index in [1.54, 1.807) is 0 Å². The van der Waals surface area contributed by atoms with Gasteiger partial charge in [0.15, 0.2) is 9.76 Å². The molecule has 0 amide bonds. The summed E-state index contributed by atoms with van der Waals surface area (Å²) < 4.78 is 5.22. The summed E-state index contributed by atoms with van der Waals surface area (Å²) >= 11 is 0. The van der Waals surface area contributed by atoms with Gasteiger partial charge in [-0.05, 0) is 33.0 Å². The van der Waals surface area contributed by atoms with E-state index in [1.165, 1.54) is 19.0 Å². The molecule has 7 nitrogen and oxygen atoms in total. The van der Waals surface area contributed by atoms with Crippen molar-refractivity contribution in [3.8, 4) is 0 Å². The van der Waals surface area contributed by atoms with Gasteiger partial charge in [-0.1, -0.05) is 0 Å². The molecular formula is C16H42N6OSi. The van der Waals surface area contributed by atoms with Crippen LogP contribution in [-0.4, -0.2) is 100 Å². The second-order valence-electron chi connectivity index (χ2n) is 6.27. The second-order valence-corrected chi connectivity index (χ2v) is 7.97. The summed E-state index contributed by atoms with van der Waals surface area (Å²) in [5.41, 5.74) is 5.41. The van der Waals surface area contributed by atoms with Crippen molar-refractivity contribution >= 4 is 9.76 Å². The fourth-order valence-corrected chi connectivity index (χ4v) is 3.02. The SMILES string of the molecule is CO[SiH2]CCCN(C)C(C)CNCCNCCNCCNCCN. The van der Waals surface area contributed by atoms with Gasteiger partial charge in [-0.2, -0.15) is 0 Å². The van der Waals surface area contributed by atoms with Gasteiger partial charge in [-0.15, -0.1) is 0 Å². The lowest BCUT2D eigenvalue weighted by Gasteiger charge is -2.25. The molecule has 24 heavy (non-hydrogen) atoms. The monoisotopic (exact) mass is 362 g/mol. The molecule has 1 unspecified atom stereocenters. The molecule has 1 atom stereocenters. The number of nitrogens with one attached hydrogen (secondary N) is 4. The van der Waals surface area contributed by atoms with E-state index in [2.05, 4.69) is 40.1 Å². The minimum absolute atomic E-state index is 0.248.